The third-order valence-corrected chi connectivity index (χ3v) is 6.06. The average Bonchev–Trinajstić information content (AvgIpc) is 2.78. The van der Waals surface area contributed by atoms with Gasteiger partial charge in [-0.25, -0.2) is 0 Å². The van der Waals surface area contributed by atoms with Gasteiger partial charge in [0, 0.05) is 22.0 Å². The van der Waals surface area contributed by atoms with Crippen LogP contribution in [0.25, 0.3) is 0 Å². The zero-order valence-corrected chi connectivity index (χ0v) is 12.4. The van der Waals surface area contributed by atoms with Gasteiger partial charge in [-0.2, -0.15) is 11.8 Å². The van der Waals surface area contributed by atoms with Gasteiger partial charge >= 0.3 is 0 Å². The van der Waals surface area contributed by atoms with Crippen molar-refractivity contribution in [3.63, 3.8) is 0 Å². The Balaban J connectivity index is 1.69. The van der Waals surface area contributed by atoms with Gasteiger partial charge in [-0.15, -0.1) is 0 Å². The molecule has 0 N–H and O–H groups in total. The van der Waals surface area contributed by atoms with Gasteiger partial charge in [-0.05, 0) is 37.7 Å². The molecule has 1 nitrogen and oxygen atoms in total. The Bertz CT molecular complexity index is 439. The van der Waals surface area contributed by atoms with Crippen molar-refractivity contribution < 1.29 is 4.79 Å². The van der Waals surface area contributed by atoms with Crippen molar-refractivity contribution in [2.24, 2.45) is 5.92 Å². The molecule has 2 atom stereocenters. The summed E-state index contributed by atoms with van der Waals surface area (Å²) in [4.78, 5) is 12.6. The first-order chi connectivity index (χ1) is 9.26. The number of Topliss-reactive ketones (excluding diaryl/α,β-unsaturated/α-hetero) is 1. The largest absolute Gasteiger partial charge is 0.294 e. The number of ketones is 1. The van der Waals surface area contributed by atoms with E-state index < -0.39 is 0 Å². The highest BCUT2D eigenvalue weighted by molar-refractivity contribution is 8.00. The van der Waals surface area contributed by atoms with E-state index in [0.717, 1.165) is 41.7 Å². The molecule has 2 fully saturated rings. The summed E-state index contributed by atoms with van der Waals surface area (Å²) in [5.41, 5.74) is 2.27. The summed E-state index contributed by atoms with van der Waals surface area (Å²) in [6.07, 6.45) is 7.14. The van der Waals surface area contributed by atoms with Gasteiger partial charge in [0.1, 0.15) is 0 Å². The number of fused-ring (bicyclic) bond motifs is 2. The molecule has 0 aliphatic carbocycles. The molecule has 2 heterocycles. The molecule has 2 aliphatic heterocycles. The van der Waals surface area contributed by atoms with E-state index in [1.165, 1.54) is 18.4 Å². The predicted molar refractivity (Wildman–Crippen MR) is 81.9 cm³/mol. The topological polar surface area (TPSA) is 17.1 Å². The summed E-state index contributed by atoms with van der Waals surface area (Å²) in [6, 6.07) is 8.33. The molecule has 0 radical (unpaired) electrons. The molecule has 102 valence electrons. The standard InChI is InChI=1S/C17H22OS/c1-2-3-12-4-6-13(7-5-12)17(18)14-10-15-8-9-16(11-14)19-15/h4-7,14-16H,2-3,8-11H2,1H3. The molecule has 0 aromatic heterocycles. The van der Waals surface area contributed by atoms with E-state index in [0.29, 0.717) is 5.78 Å². The van der Waals surface area contributed by atoms with Crippen LogP contribution in [0.1, 0.15) is 54.9 Å². The molecule has 2 saturated heterocycles. The number of carbonyl (C=O) groups is 1. The minimum absolute atomic E-state index is 0.288. The second-order valence-corrected chi connectivity index (χ2v) is 7.54. The van der Waals surface area contributed by atoms with Gasteiger partial charge in [-0.3, -0.25) is 4.79 Å². The van der Waals surface area contributed by atoms with Gasteiger partial charge < -0.3 is 0 Å². The van der Waals surface area contributed by atoms with E-state index in [-0.39, 0.29) is 5.92 Å². The minimum atomic E-state index is 0.288. The zero-order chi connectivity index (χ0) is 13.2. The number of rotatable bonds is 4. The lowest BCUT2D eigenvalue weighted by molar-refractivity contribution is 0.0907. The normalized spacial score (nSPS) is 29.4. The highest BCUT2D eigenvalue weighted by Crippen LogP contribution is 2.46. The SMILES string of the molecule is CCCc1ccc(C(=O)C2CC3CCC(C2)S3)cc1. The van der Waals surface area contributed by atoms with Crippen LogP contribution in [-0.4, -0.2) is 16.3 Å². The van der Waals surface area contributed by atoms with E-state index in [2.05, 4.69) is 30.8 Å². The Morgan fingerprint density at radius 2 is 1.79 bits per heavy atom. The average molecular weight is 274 g/mol. The molecule has 19 heavy (non-hydrogen) atoms. The first kappa shape index (κ1) is 13.2. The van der Waals surface area contributed by atoms with Crippen molar-refractivity contribution in [2.45, 2.75) is 55.9 Å². The van der Waals surface area contributed by atoms with Gasteiger partial charge in [-0.1, -0.05) is 37.6 Å². The molecule has 3 rings (SSSR count). The van der Waals surface area contributed by atoms with Crippen LogP contribution in [-0.2, 0) is 6.42 Å². The molecule has 1 aromatic rings. The van der Waals surface area contributed by atoms with Crippen LogP contribution in [0, 0.1) is 5.92 Å². The molecule has 2 aliphatic rings. The van der Waals surface area contributed by atoms with Gasteiger partial charge in [0.05, 0.1) is 0 Å². The maximum absolute atomic E-state index is 12.6. The van der Waals surface area contributed by atoms with Gasteiger partial charge in [0.25, 0.3) is 0 Å². The lowest BCUT2D eigenvalue weighted by Crippen LogP contribution is -2.24. The molecule has 0 amide bonds. The van der Waals surface area contributed by atoms with E-state index in [9.17, 15) is 4.79 Å². The first-order valence-electron chi connectivity index (χ1n) is 7.55. The summed E-state index contributed by atoms with van der Waals surface area (Å²) in [6.45, 7) is 2.19. The fourth-order valence-corrected chi connectivity index (χ4v) is 5.21. The number of benzene rings is 1. The smallest absolute Gasteiger partial charge is 0.166 e. The lowest BCUT2D eigenvalue weighted by atomic mass is 9.90. The van der Waals surface area contributed by atoms with Crippen molar-refractivity contribution in [2.75, 3.05) is 0 Å². The van der Waals surface area contributed by atoms with Crippen LogP contribution in [0.4, 0.5) is 0 Å². The van der Waals surface area contributed by atoms with Crippen LogP contribution in [0.5, 0.6) is 0 Å². The lowest BCUT2D eigenvalue weighted by Gasteiger charge is -2.26. The fourth-order valence-electron chi connectivity index (χ4n) is 3.43. The maximum Gasteiger partial charge on any atom is 0.166 e. The van der Waals surface area contributed by atoms with E-state index >= 15 is 0 Å². The van der Waals surface area contributed by atoms with Crippen LogP contribution in [0.3, 0.4) is 0 Å². The molecule has 2 bridgehead atoms. The fraction of sp³-hybridized carbons (Fsp3) is 0.588. The van der Waals surface area contributed by atoms with Crippen LogP contribution in [0.15, 0.2) is 24.3 Å². The van der Waals surface area contributed by atoms with E-state index in [1.807, 2.05) is 12.1 Å². The van der Waals surface area contributed by atoms with Crippen molar-refractivity contribution in [3.8, 4) is 0 Å². The third kappa shape index (κ3) is 2.89. The van der Waals surface area contributed by atoms with Crippen molar-refractivity contribution >= 4 is 17.5 Å². The second-order valence-electron chi connectivity index (χ2n) is 5.94. The number of thioether (sulfide) groups is 1. The molecule has 2 heteroatoms. The Kier molecular flexibility index (Phi) is 3.97. The Morgan fingerprint density at radius 3 is 2.37 bits per heavy atom. The molecular formula is C17H22OS. The number of hydrogen-bond acceptors (Lipinski definition) is 2. The highest BCUT2D eigenvalue weighted by Gasteiger charge is 2.37. The van der Waals surface area contributed by atoms with Crippen molar-refractivity contribution in [1.29, 1.82) is 0 Å². The number of hydrogen-bond donors (Lipinski definition) is 0. The Hall–Kier alpha value is -0.760. The van der Waals surface area contributed by atoms with Crippen molar-refractivity contribution in [1.82, 2.24) is 0 Å². The van der Waals surface area contributed by atoms with Gasteiger partial charge in [0.2, 0.25) is 0 Å². The molecule has 0 saturated carbocycles. The second kappa shape index (κ2) is 5.70. The molecular weight excluding hydrogens is 252 g/mol. The monoisotopic (exact) mass is 274 g/mol. The summed E-state index contributed by atoms with van der Waals surface area (Å²) < 4.78 is 0. The summed E-state index contributed by atoms with van der Waals surface area (Å²) in [7, 11) is 0. The Morgan fingerprint density at radius 1 is 1.16 bits per heavy atom. The zero-order valence-electron chi connectivity index (χ0n) is 11.6. The number of aryl methyl sites for hydroxylation is 1. The highest BCUT2D eigenvalue weighted by atomic mass is 32.2. The Labute approximate surface area is 120 Å². The molecule has 0 spiro atoms. The molecule has 2 unspecified atom stereocenters. The molecule has 1 aromatic carbocycles. The minimum Gasteiger partial charge on any atom is -0.294 e. The van der Waals surface area contributed by atoms with Crippen LogP contribution < -0.4 is 0 Å². The van der Waals surface area contributed by atoms with Crippen LogP contribution in [0.2, 0.25) is 0 Å². The van der Waals surface area contributed by atoms with Gasteiger partial charge in [0.15, 0.2) is 5.78 Å². The summed E-state index contributed by atoms with van der Waals surface area (Å²) in [5, 5.41) is 1.51. The quantitative estimate of drug-likeness (QED) is 0.752. The van der Waals surface area contributed by atoms with Crippen LogP contribution >= 0.6 is 11.8 Å². The number of carbonyl (C=O) groups excluding carboxylic acids is 1. The summed E-state index contributed by atoms with van der Waals surface area (Å²) >= 11 is 2.13. The predicted octanol–water partition coefficient (Wildman–Crippen LogP) is 4.50. The maximum atomic E-state index is 12.6. The van der Waals surface area contributed by atoms with Crippen molar-refractivity contribution in [3.05, 3.63) is 35.4 Å². The first-order valence-corrected chi connectivity index (χ1v) is 8.49. The third-order valence-electron chi connectivity index (χ3n) is 4.44. The van der Waals surface area contributed by atoms with E-state index in [1.54, 1.807) is 0 Å². The summed E-state index contributed by atoms with van der Waals surface area (Å²) in [5.74, 6) is 0.677. The van der Waals surface area contributed by atoms with E-state index in [4.69, 9.17) is 0 Å².